The van der Waals surface area contributed by atoms with E-state index in [4.69, 9.17) is 0 Å². The van der Waals surface area contributed by atoms with Crippen LogP contribution in [0.5, 0.6) is 0 Å². The topological polar surface area (TPSA) is 0 Å². The lowest BCUT2D eigenvalue weighted by molar-refractivity contribution is 0.665. The van der Waals surface area contributed by atoms with E-state index in [2.05, 4.69) is 36.5 Å². The van der Waals surface area contributed by atoms with E-state index in [9.17, 15) is 0 Å². The first kappa shape index (κ1) is 8.96. The molecule has 0 aromatic rings. The van der Waals surface area contributed by atoms with Gasteiger partial charge in [0.25, 0.3) is 0 Å². The minimum absolute atomic E-state index is 1.19. The van der Waals surface area contributed by atoms with E-state index < -0.39 is 0 Å². The van der Waals surface area contributed by atoms with Gasteiger partial charge in [-0.25, -0.2) is 0 Å². The first-order valence-corrected chi connectivity index (χ1v) is 5.90. The average molecular weight is 196 g/mol. The summed E-state index contributed by atoms with van der Waals surface area (Å²) in [7, 11) is 0. The zero-order chi connectivity index (χ0) is 10.1. The highest BCUT2D eigenvalue weighted by molar-refractivity contribution is 5.54. The zero-order valence-corrected chi connectivity index (χ0v) is 9.00. The van der Waals surface area contributed by atoms with Gasteiger partial charge in [-0.2, -0.15) is 0 Å². The van der Waals surface area contributed by atoms with Crippen LogP contribution >= 0.6 is 0 Å². The SMILES string of the molecule is C1=CC=C2CC3=C(C=C2C=C1)CCCC3. The molecule has 0 N–H and O–H groups in total. The molecule has 0 aromatic heterocycles. The fraction of sp³-hybridized carbons (Fsp3) is 0.333. The Labute approximate surface area is 91.4 Å². The van der Waals surface area contributed by atoms with Gasteiger partial charge in [-0.15, -0.1) is 0 Å². The lowest BCUT2D eigenvalue weighted by atomic mass is 9.81. The van der Waals surface area contributed by atoms with Crippen molar-refractivity contribution >= 4 is 0 Å². The zero-order valence-electron chi connectivity index (χ0n) is 9.00. The first-order valence-electron chi connectivity index (χ1n) is 5.90. The van der Waals surface area contributed by atoms with Gasteiger partial charge in [-0.3, -0.25) is 0 Å². The lowest BCUT2D eigenvalue weighted by Crippen LogP contribution is -2.05. The normalized spacial score (nSPS) is 24.0. The van der Waals surface area contributed by atoms with Crippen molar-refractivity contribution in [1.82, 2.24) is 0 Å². The number of rotatable bonds is 0. The maximum atomic E-state index is 2.41. The molecule has 0 aliphatic heterocycles. The highest BCUT2D eigenvalue weighted by atomic mass is 14.2. The van der Waals surface area contributed by atoms with Crippen LogP contribution in [0.2, 0.25) is 0 Å². The Kier molecular flexibility index (Phi) is 2.21. The monoisotopic (exact) mass is 196 g/mol. The third-order valence-electron chi connectivity index (χ3n) is 3.53. The maximum absolute atomic E-state index is 2.41. The Morgan fingerprint density at radius 3 is 2.87 bits per heavy atom. The fourth-order valence-electron chi connectivity index (χ4n) is 2.69. The third-order valence-corrected chi connectivity index (χ3v) is 3.53. The average Bonchev–Trinajstić information content (AvgIpc) is 2.50. The second-order valence-corrected chi connectivity index (χ2v) is 4.55. The second kappa shape index (κ2) is 3.69. The summed E-state index contributed by atoms with van der Waals surface area (Å²) in [6.07, 6.45) is 19.9. The summed E-state index contributed by atoms with van der Waals surface area (Å²) in [5.74, 6) is 0. The van der Waals surface area contributed by atoms with Gasteiger partial charge >= 0.3 is 0 Å². The van der Waals surface area contributed by atoms with E-state index in [0.29, 0.717) is 0 Å². The van der Waals surface area contributed by atoms with E-state index in [1.165, 1.54) is 43.3 Å². The molecule has 0 radical (unpaired) electrons. The van der Waals surface area contributed by atoms with Gasteiger partial charge in [-0.05, 0) is 48.8 Å². The van der Waals surface area contributed by atoms with E-state index in [-0.39, 0.29) is 0 Å². The molecule has 15 heavy (non-hydrogen) atoms. The Balaban J connectivity index is 2.03. The molecule has 3 rings (SSSR count). The van der Waals surface area contributed by atoms with Gasteiger partial charge < -0.3 is 0 Å². The molecule has 0 saturated carbocycles. The molecule has 0 bridgehead atoms. The number of allylic oxidation sites excluding steroid dienone is 10. The van der Waals surface area contributed by atoms with Gasteiger partial charge in [-0.1, -0.05) is 42.0 Å². The molecule has 3 aliphatic rings. The summed E-state index contributed by atoms with van der Waals surface area (Å²) in [5, 5.41) is 0. The summed E-state index contributed by atoms with van der Waals surface area (Å²) in [6.45, 7) is 0. The Morgan fingerprint density at radius 1 is 0.933 bits per heavy atom. The largest absolute Gasteiger partial charge is 0.0626 e. The van der Waals surface area contributed by atoms with E-state index in [1.807, 2.05) is 0 Å². The van der Waals surface area contributed by atoms with Crippen molar-refractivity contribution < 1.29 is 0 Å². The van der Waals surface area contributed by atoms with Crippen LogP contribution in [-0.2, 0) is 0 Å². The van der Waals surface area contributed by atoms with Crippen molar-refractivity contribution in [2.75, 3.05) is 0 Å². The Morgan fingerprint density at radius 2 is 1.87 bits per heavy atom. The summed E-state index contributed by atoms with van der Waals surface area (Å²) >= 11 is 0. The number of hydrogen-bond acceptors (Lipinski definition) is 0. The lowest BCUT2D eigenvalue weighted by Gasteiger charge is -2.25. The van der Waals surface area contributed by atoms with Gasteiger partial charge in [0.15, 0.2) is 0 Å². The summed E-state index contributed by atoms with van der Waals surface area (Å²) in [5.41, 5.74) is 6.25. The van der Waals surface area contributed by atoms with Crippen LogP contribution in [0.25, 0.3) is 0 Å². The van der Waals surface area contributed by atoms with Crippen LogP contribution in [0, 0.1) is 0 Å². The highest BCUT2D eigenvalue weighted by Crippen LogP contribution is 2.37. The minimum atomic E-state index is 1.19. The molecular weight excluding hydrogens is 180 g/mol. The van der Waals surface area contributed by atoms with Crippen molar-refractivity contribution in [3.8, 4) is 0 Å². The smallest absolute Gasteiger partial charge is 0.00553 e. The molecule has 76 valence electrons. The van der Waals surface area contributed by atoms with Gasteiger partial charge in [0.1, 0.15) is 0 Å². The molecule has 0 spiro atoms. The molecule has 0 saturated heterocycles. The van der Waals surface area contributed by atoms with Crippen LogP contribution in [-0.4, -0.2) is 0 Å². The van der Waals surface area contributed by atoms with Crippen LogP contribution in [0.3, 0.4) is 0 Å². The molecule has 0 aromatic carbocycles. The molecule has 0 unspecified atom stereocenters. The second-order valence-electron chi connectivity index (χ2n) is 4.55. The third kappa shape index (κ3) is 1.65. The van der Waals surface area contributed by atoms with Crippen LogP contribution in [0.4, 0.5) is 0 Å². The molecule has 0 amide bonds. The van der Waals surface area contributed by atoms with E-state index >= 15 is 0 Å². The highest BCUT2D eigenvalue weighted by Gasteiger charge is 2.18. The molecule has 0 atom stereocenters. The first-order chi connectivity index (χ1) is 7.43. The van der Waals surface area contributed by atoms with Crippen molar-refractivity contribution in [1.29, 1.82) is 0 Å². The Bertz CT molecular complexity index is 425. The molecular formula is C15H16. The molecule has 0 heterocycles. The van der Waals surface area contributed by atoms with Crippen molar-refractivity contribution in [3.63, 3.8) is 0 Å². The van der Waals surface area contributed by atoms with E-state index in [0.717, 1.165) is 0 Å². The summed E-state index contributed by atoms with van der Waals surface area (Å²) in [4.78, 5) is 0. The van der Waals surface area contributed by atoms with Gasteiger partial charge in [0.2, 0.25) is 0 Å². The van der Waals surface area contributed by atoms with E-state index in [1.54, 1.807) is 11.1 Å². The van der Waals surface area contributed by atoms with Crippen molar-refractivity contribution in [2.24, 2.45) is 0 Å². The predicted molar refractivity (Wildman–Crippen MR) is 64.6 cm³/mol. The minimum Gasteiger partial charge on any atom is -0.0626 e. The van der Waals surface area contributed by atoms with Crippen molar-refractivity contribution in [2.45, 2.75) is 32.1 Å². The van der Waals surface area contributed by atoms with Crippen LogP contribution in [0.1, 0.15) is 32.1 Å². The summed E-state index contributed by atoms with van der Waals surface area (Å²) in [6, 6.07) is 0. The van der Waals surface area contributed by atoms with Crippen LogP contribution in [0.15, 0.2) is 58.7 Å². The quantitative estimate of drug-likeness (QED) is 0.543. The molecule has 0 nitrogen and oxygen atoms in total. The van der Waals surface area contributed by atoms with Gasteiger partial charge in [0, 0.05) is 0 Å². The summed E-state index contributed by atoms with van der Waals surface area (Å²) < 4.78 is 0. The number of fused-ring (bicyclic) bond motifs is 1. The fourth-order valence-corrected chi connectivity index (χ4v) is 2.69. The number of hydrogen-bond donors (Lipinski definition) is 0. The van der Waals surface area contributed by atoms with Crippen molar-refractivity contribution in [3.05, 3.63) is 58.7 Å². The van der Waals surface area contributed by atoms with Gasteiger partial charge in [0.05, 0.1) is 0 Å². The van der Waals surface area contributed by atoms with Crippen LogP contribution < -0.4 is 0 Å². The molecule has 0 heteroatoms. The standard InChI is InChI=1S/C15H16/c1-2-6-12-10-14-8-4-5-9-15(14)11-13(12)7-3-1/h1-3,6-7,10H,4-5,8-9,11H2. The molecule has 0 fully saturated rings. The Hall–Kier alpha value is -1.30. The maximum Gasteiger partial charge on any atom is -0.00553 e. The molecule has 3 aliphatic carbocycles. The predicted octanol–water partition coefficient (Wildman–Crippen LogP) is 4.24.